The Morgan fingerprint density at radius 3 is 2.70 bits per heavy atom. The first-order chi connectivity index (χ1) is 11.3. The number of rotatable bonds is 2. The third-order valence-electron chi connectivity index (χ3n) is 5.46. The van der Waals surface area contributed by atoms with E-state index < -0.39 is 5.60 Å². The molecule has 1 aromatic rings. The van der Waals surface area contributed by atoms with Crippen molar-refractivity contribution >= 4 is 11.8 Å². The van der Waals surface area contributed by atoms with Crippen molar-refractivity contribution in [1.29, 1.82) is 0 Å². The standard InChI is InChI=1S/C18H24N2O3/c21-17-19-16-4-2-1-3-15(16)18(23-17)7-9-20(10-8-18)13-14-5-11-22-12-6-14/h1-4,14H,5-13H2,(H,19,21). The van der Waals surface area contributed by atoms with Crippen molar-refractivity contribution in [1.82, 2.24) is 4.90 Å². The minimum absolute atomic E-state index is 0.318. The lowest BCUT2D eigenvalue weighted by atomic mass is 9.82. The number of anilines is 1. The Kier molecular flexibility index (Phi) is 3.99. The molecule has 4 rings (SSSR count). The molecule has 5 heteroatoms. The summed E-state index contributed by atoms with van der Waals surface area (Å²) in [6.07, 6.45) is 3.77. The van der Waals surface area contributed by atoms with E-state index in [0.29, 0.717) is 0 Å². The maximum absolute atomic E-state index is 11.9. The van der Waals surface area contributed by atoms with Crippen LogP contribution in [-0.4, -0.2) is 43.8 Å². The Hall–Kier alpha value is -1.59. The lowest BCUT2D eigenvalue weighted by molar-refractivity contribution is -0.0436. The van der Waals surface area contributed by atoms with Gasteiger partial charge in [0.05, 0.1) is 5.69 Å². The van der Waals surface area contributed by atoms with E-state index in [9.17, 15) is 4.79 Å². The fraction of sp³-hybridized carbons (Fsp3) is 0.611. The number of hydrogen-bond donors (Lipinski definition) is 1. The second-order valence-electron chi connectivity index (χ2n) is 6.91. The molecule has 1 amide bonds. The number of carbonyl (C=O) groups excluding carboxylic acids is 1. The number of likely N-dealkylation sites (tertiary alicyclic amines) is 1. The highest BCUT2D eigenvalue weighted by atomic mass is 16.6. The van der Waals surface area contributed by atoms with Crippen LogP contribution in [0.1, 0.15) is 31.2 Å². The molecule has 0 bridgehead atoms. The van der Waals surface area contributed by atoms with Crippen LogP contribution < -0.4 is 5.32 Å². The predicted molar refractivity (Wildman–Crippen MR) is 87.4 cm³/mol. The number of carbonyl (C=O) groups is 1. The number of hydrogen-bond acceptors (Lipinski definition) is 4. The summed E-state index contributed by atoms with van der Waals surface area (Å²) in [7, 11) is 0. The van der Waals surface area contributed by atoms with Crippen LogP contribution in [0.2, 0.25) is 0 Å². The number of piperidine rings is 1. The normalized spacial score (nSPS) is 24.8. The fourth-order valence-corrected chi connectivity index (χ4v) is 4.12. The summed E-state index contributed by atoms with van der Waals surface area (Å²) in [5, 5.41) is 2.82. The molecule has 3 aliphatic heterocycles. The minimum Gasteiger partial charge on any atom is -0.438 e. The Morgan fingerprint density at radius 2 is 1.91 bits per heavy atom. The highest BCUT2D eigenvalue weighted by molar-refractivity contribution is 5.88. The second-order valence-corrected chi connectivity index (χ2v) is 6.91. The summed E-state index contributed by atoms with van der Waals surface area (Å²) in [6.45, 7) is 4.92. The average Bonchev–Trinajstić information content (AvgIpc) is 2.58. The summed E-state index contributed by atoms with van der Waals surface area (Å²) in [6, 6.07) is 8.03. The van der Waals surface area contributed by atoms with Crippen molar-refractivity contribution in [2.45, 2.75) is 31.3 Å². The lowest BCUT2D eigenvalue weighted by Gasteiger charge is -2.45. The lowest BCUT2D eigenvalue weighted by Crippen LogP contribution is -2.49. The Labute approximate surface area is 136 Å². The van der Waals surface area contributed by atoms with Crippen molar-refractivity contribution < 1.29 is 14.3 Å². The molecule has 2 fully saturated rings. The van der Waals surface area contributed by atoms with Gasteiger partial charge in [0, 0.05) is 51.3 Å². The van der Waals surface area contributed by atoms with E-state index in [1.54, 1.807) is 0 Å². The summed E-state index contributed by atoms with van der Waals surface area (Å²) >= 11 is 0. The van der Waals surface area contributed by atoms with Crippen LogP contribution in [-0.2, 0) is 15.1 Å². The fourth-order valence-electron chi connectivity index (χ4n) is 4.12. The van der Waals surface area contributed by atoms with Crippen molar-refractivity contribution in [2.75, 3.05) is 38.2 Å². The van der Waals surface area contributed by atoms with Gasteiger partial charge in [-0.3, -0.25) is 5.32 Å². The van der Waals surface area contributed by atoms with Gasteiger partial charge in [0.1, 0.15) is 5.60 Å². The molecular weight excluding hydrogens is 292 g/mol. The maximum Gasteiger partial charge on any atom is 0.412 e. The van der Waals surface area contributed by atoms with E-state index in [2.05, 4.69) is 16.3 Å². The van der Waals surface area contributed by atoms with Gasteiger partial charge >= 0.3 is 6.09 Å². The number of fused-ring (bicyclic) bond motifs is 2. The third kappa shape index (κ3) is 2.95. The number of amides is 1. The average molecular weight is 316 g/mol. The highest BCUT2D eigenvalue weighted by Crippen LogP contribution is 2.43. The molecular formula is C18H24N2O3. The first-order valence-electron chi connectivity index (χ1n) is 8.65. The van der Waals surface area contributed by atoms with Gasteiger partial charge in [0.2, 0.25) is 0 Å². The molecule has 2 saturated heterocycles. The molecule has 1 spiro atoms. The van der Waals surface area contributed by atoms with E-state index in [4.69, 9.17) is 9.47 Å². The van der Waals surface area contributed by atoms with Crippen molar-refractivity contribution in [2.24, 2.45) is 5.92 Å². The SMILES string of the molecule is O=C1Nc2ccccc2C2(CCN(CC3CCOCC3)CC2)O1. The molecule has 5 nitrogen and oxygen atoms in total. The zero-order valence-corrected chi connectivity index (χ0v) is 13.4. The van der Waals surface area contributed by atoms with Crippen molar-refractivity contribution in [3.63, 3.8) is 0 Å². The first-order valence-corrected chi connectivity index (χ1v) is 8.65. The van der Waals surface area contributed by atoms with Crippen molar-refractivity contribution in [3.8, 4) is 0 Å². The predicted octanol–water partition coefficient (Wildman–Crippen LogP) is 2.97. The Bertz CT molecular complexity index is 575. The molecule has 0 saturated carbocycles. The molecule has 23 heavy (non-hydrogen) atoms. The maximum atomic E-state index is 11.9. The van der Waals surface area contributed by atoms with Gasteiger partial charge in [0.25, 0.3) is 0 Å². The van der Waals surface area contributed by atoms with E-state index in [1.165, 1.54) is 12.8 Å². The summed E-state index contributed by atoms with van der Waals surface area (Å²) in [4.78, 5) is 14.5. The zero-order chi connectivity index (χ0) is 15.7. The van der Waals surface area contributed by atoms with Gasteiger partial charge in [-0.15, -0.1) is 0 Å². The van der Waals surface area contributed by atoms with E-state index in [1.807, 2.05) is 18.2 Å². The van der Waals surface area contributed by atoms with Gasteiger partial charge in [-0.1, -0.05) is 18.2 Å². The Balaban J connectivity index is 1.45. The molecule has 3 aliphatic rings. The largest absolute Gasteiger partial charge is 0.438 e. The molecule has 124 valence electrons. The van der Waals surface area contributed by atoms with E-state index in [-0.39, 0.29) is 6.09 Å². The second kappa shape index (κ2) is 6.13. The molecule has 3 heterocycles. The zero-order valence-electron chi connectivity index (χ0n) is 13.4. The molecule has 0 unspecified atom stereocenters. The number of para-hydroxylation sites is 1. The molecule has 0 aromatic heterocycles. The highest BCUT2D eigenvalue weighted by Gasteiger charge is 2.44. The molecule has 1 N–H and O–H groups in total. The van der Waals surface area contributed by atoms with Crippen LogP contribution in [0.15, 0.2) is 24.3 Å². The van der Waals surface area contributed by atoms with Gasteiger partial charge in [-0.2, -0.15) is 0 Å². The number of nitrogens with one attached hydrogen (secondary N) is 1. The monoisotopic (exact) mass is 316 g/mol. The Morgan fingerprint density at radius 1 is 1.17 bits per heavy atom. The topological polar surface area (TPSA) is 50.8 Å². The van der Waals surface area contributed by atoms with Crippen LogP contribution in [0.25, 0.3) is 0 Å². The van der Waals surface area contributed by atoms with E-state index >= 15 is 0 Å². The van der Waals surface area contributed by atoms with Crippen LogP contribution in [0.3, 0.4) is 0 Å². The third-order valence-corrected chi connectivity index (χ3v) is 5.46. The quantitative estimate of drug-likeness (QED) is 0.911. The number of ether oxygens (including phenoxy) is 2. The van der Waals surface area contributed by atoms with Gasteiger partial charge in [-0.25, -0.2) is 4.79 Å². The van der Waals surface area contributed by atoms with Gasteiger partial charge < -0.3 is 14.4 Å². The number of benzene rings is 1. The summed E-state index contributed by atoms with van der Waals surface area (Å²) in [5.74, 6) is 0.751. The van der Waals surface area contributed by atoms with Gasteiger partial charge in [-0.05, 0) is 24.8 Å². The smallest absolute Gasteiger partial charge is 0.412 e. The van der Waals surface area contributed by atoms with Crippen LogP contribution in [0, 0.1) is 5.92 Å². The molecule has 0 aliphatic carbocycles. The number of nitrogens with zero attached hydrogens (tertiary/aromatic N) is 1. The summed E-state index contributed by atoms with van der Waals surface area (Å²) < 4.78 is 11.2. The molecule has 0 atom stereocenters. The van der Waals surface area contributed by atoms with Crippen LogP contribution >= 0.6 is 0 Å². The summed E-state index contributed by atoms with van der Waals surface area (Å²) in [5.41, 5.74) is 1.59. The van der Waals surface area contributed by atoms with Crippen LogP contribution in [0.5, 0.6) is 0 Å². The molecule has 0 radical (unpaired) electrons. The minimum atomic E-state index is -0.439. The first kappa shape index (κ1) is 15.0. The van der Waals surface area contributed by atoms with Crippen molar-refractivity contribution in [3.05, 3.63) is 29.8 Å². The molecule has 1 aromatic carbocycles. The van der Waals surface area contributed by atoms with Crippen LogP contribution in [0.4, 0.5) is 10.5 Å². The van der Waals surface area contributed by atoms with E-state index in [0.717, 1.165) is 62.9 Å². The van der Waals surface area contributed by atoms with Gasteiger partial charge in [0.15, 0.2) is 0 Å².